The monoisotopic (exact) mass is 420 g/mol. The van der Waals surface area contributed by atoms with Crippen LogP contribution in [0.3, 0.4) is 0 Å². The first-order valence-electron chi connectivity index (χ1n) is 9.18. The molecule has 7 nitrogen and oxygen atoms in total. The first kappa shape index (κ1) is 18.5. The molecule has 0 unspecified atom stereocenters. The lowest BCUT2D eigenvalue weighted by atomic mass is 10.0. The summed E-state index contributed by atoms with van der Waals surface area (Å²) in [5, 5.41) is 1.67. The van der Waals surface area contributed by atoms with Crippen molar-refractivity contribution in [3.8, 4) is 0 Å². The number of rotatable bonds is 1. The Morgan fingerprint density at radius 2 is 1.43 bits per heavy atom. The van der Waals surface area contributed by atoms with Crippen LogP contribution in [0, 0.1) is 13.8 Å². The van der Waals surface area contributed by atoms with Crippen molar-refractivity contribution in [2.24, 2.45) is 0 Å². The van der Waals surface area contributed by atoms with Gasteiger partial charge in [0.15, 0.2) is 10.9 Å². The molecular formula is C22H16N2O5S. The van der Waals surface area contributed by atoms with Crippen LogP contribution in [0.5, 0.6) is 0 Å². The molecule has 150 valence electrons. The average molecular weight is 420 g/mol. The Morgan fingerprint density at radius 1 is 0.767 bits per heavy atom. The van der Waals surface area contributed by atoms with Gasteiger partial charge in [-0.15, -0.1) is 0 Å². The molecule has 0 saturated carbocycles. The molecule has 30 heavy (non-hydrogen) atoms. The summed E-state index contributed by atoms with van der Waals surface area (Å²) in [4.78, 5) is 32.3. The fourth-order valence-electron chi connectivity index (χ4n) is 4.07. The van der Waals surface area contributed by atoms with E-state index in [1.54, 1.807) is 25.1 Å². The zero-order valence-corrected chi connectivity index (χ0v) is 16.8. The van der Waals surface area contributed by atoms with Gasteiger partial charge in [0.25, 0.3) is 10.1 Å². The number of para-hydroxylation sites is 1. The minimum Gasteiger partial charge on any atom is -0.354 e. The van der Waals surface area contributed by atoms with Crippen LogP contribution in [0.4, 0.5) is 0 Å². The number of pyridine rings is 2. The number of aryl methyl sites for hydroxylation is 2. The molecule has 0 bridgehead atoms. The van der Waals surface area contributed by atoms with E-state index in [9.17, 15) is 22.6 Å². The molecule has 0 aliphatic carbocycles. The second-order valence-electron chi connectivity index (χ2n) is 7.49. The number of hydrogen-bond donors (Lipinski definition) is 3. The van der Waals surface area contributed by atoms with E-state index in [2.05, 4.69) is 9.97 Å². The Balaban J connectivity index is 1.98. The molecule has 5 aromatic rings. The molecule has 8 heteroatoms. The van der Waals surface area contributed by atoms with Crippen molar-refractivity contribution in [3.05, 3.63) is 74.0 Å². The second-order valence-corrected chi connectivity index (χ2v) is 8.91. The minimum atomic E-state index is -4.43. The third-order valence-corrected chi connectivity index (χ3v) is 6.36. The van der Waals surface area contributed by atoms with Gasteiger partial charge in [-0.3, -0.25) is 14.1 Å². The molecular weight excluding hydrogens is 404 g/mol. The summed E-state index contributed by atoms with van der Waals surface area (Å²) in [5.41, 5.74) is 2.85. The van der Waals surface area contributed by atoms with Crippen LogP contribution in [0.25, 0.3) is 43.6 Å². The van der Waals surface area contributed by atoms with E-state index in [1.807, 2.05) is 19.1 Å². The summed E-state index contributed by atoms with van der Waals surface area (Å²) in [6, 6.07) is 11.2. The molecule has 0 radical (unpaired) electrons. The Morgan fingerprint density at radius 3 is 2.13 bits per heavy atom. The van der Waals surface area contributed by atoms with Crippen molar-refractivity contribution in [2.75, 3.05) is 0 Å². The zero-order valence-electron chi connectivity index (χ0n) is 16.0. The van der Waals surface area contributed by atoms with Gasteiger partial charge in [-0.2, -0.15) is 8.42 Å². The number of H-pyrrole nitrogens is 2. The third kappa shape index (κ3) is 2.58. The summed E-state index contributed by atoms with van der Waals surface area (Å²) in [6.07, 6.45) is 0. The van der Waals surface area contributed by atoms with Gasteiger partial charge in [-0.1, -0.05) is 12.1 Å². The third-order valence-electron chi connectivity index (χ3n) is 5.53. The molecule has 2 aromatic heterocycles. The zero-order chi connectivity index (χ0) is 21.4. The van der Waals surface area contributed by atoms with E-state index in [4.69, 9.17) is 0 Å². The van der Waals surface area contributed by atoms with E-state index in [-0.39, 0.29) is 21.3 Å². The Bertz CT molecular complexity index is 1780. The second kappa shape index (κ2) is 6.01. The normalized spacial score (nSPS) is 12.4. The maximum atomic E-state index is 13.2. The number of aromatic nitrogens is 2. The number of fused-ring (bicyclic) bond motifs is 4. The first-order chi connectivity index (χ1) is 14.1. The van der Waals surface area contributed by atoms with Crippen molar-refractivity contribution in [2.45, 2.75) is 18.7 Å². The van der Waals surface area contributed by atoms with Gasteiger partial charge in [-0.25, -0.2) is 0 Å². The fraction of sp³-hybridized carbons (Fsp3) is 0.0909. The Labute approximate surface area is 169 Å². The van der Waals surface area contributed by atoms with Crippen molar-refractivity contribution in [1.82, 2.24) is 9.97 Å². The predicted molar refractivity (Wildman–Crippen MR) is 117 cm³/mol. The molecule has 2 heterocycles. The predicted octanol–water partition coefficient (Wildman–Crippen LogP) is 3.54. The Hall–Kier alpha value is -3.49. The van der Waals surface area contributed by atoms with Gasteiger partial charge in [0.05, 0.1) is 27.0 Å². The van der Waals surface area contributed by atoms with Gasteiger partial charge >= 0.3 is 0 Å². The van der Waals surface area contributed by atoms with Crippen LogP contribution >= 0.6 is 0 Å². The molecule has 0 atom stereocenters. The number of benzene rings is 3. The maximum absolute atomic E-state index is 13.2. The van der Waals surface area contributed by atoms with Gasteiger partial charge in [0.1, 0.15) is 0 Å². The van der Waals surface area contributed by atoms with E-state index >= 15 is 0 Å². The molecule has 5 rings (SSSR count). The minimum absolute atomic E-state index is 0.159. The van der Waals surface area contributed by atoms with Crippen LogP contribution in [-0.4, -0.2) is 22.9 Å². The lowest BCUT2D eigenvalue weighted by molar-refractivity contribution is 0.483. The highest BCUT2D eigenvalue weighted by Gasteiger charge is 2.16. The van der Waals surface area contributed by atoms with E-state index in [0.717, 1.165) is 11.1 Å². The smallest absolute Gasteiger partial charge is 0.294 e. The van der Waals surface area contributed by atoms with Gasteiger partial charge in [0.2, 0.25) is 0 Å². The molecule has 3 N–H and O–H groups in total. The van der Waals surface area contributed by atoms with Crippen LogP contribution in [0.1, 0.15) is 11.1 Å². The van der Waals surface area contributed by atoms with Crippen molar-refractivity contribution < 1.29 is 13.0 Å². The van der Waals surface area contributed by atoms with Crippen molar-refractivity contribution in [1.29, 1.82) is 0 Å². The van der Waals surface area contributed by atoms with Gasteiger partial charge in [-0.05, 0) is 55.3 Å². The molecule has 0 aliphatic heterocycles. The lowest BCUT2D eigenvalue weighted by Gasteiger charge is -2.10. The largest absolute Gasteiger partial charge is 0.354 e. The highest BCUT2D eigenvalue weighted by molar-refractivity contribution is 7.85. The van der Waals surface area contributed by atoms with Crippen LogP contribution in [-0.2, 0) is 10.1 Å². The quantitative estimate of drug-likeness (QED) is 0.283. The standard InChI is InChI=1S/C22H16N2O5S/c1-10-4-3-5-13-20(10)24-17-9-15-16(8-14(17)21(13)25)23-18-7-12(30(27,28)29)6-11(2)19(18)22(15)26/h3-9H,1-2H3,(H,23,26)(H,24,25)(H,27,28,29). The molecule has 0 fully saturated rings. The Kier molecular flexibility index (Phi) is 3.71. The molecule has 0 spiro atoms. The summed E-state index contributed by atoms with van der Waals surface area (Å²) >= 11 is 0. The van der Waals surface area contributed by atoms with Crippen LogP contribution < -0.4 is 10.9 Å². The summed E-state index contributed by atoms with van der Waals surface area (Å²) < 4.78 is 32.5. The van der Waals surface area contributed by atoms with Crippen molar-refractivity contribution in [3.63, 3.8) is 0 Å². The van der Waals surface area contributed by atoms with Crippen molar-refractivity contribution >= 4 is 53.7 Å². The van der Waals surface area contributed by atoms with Gasteiger partial charge < -0.3 is 9.97 Å². The SMILES string of the molecule is Cc1cccc2c(=O)c3cc4[nH]c5cc(S(=O)(=O)O)cc(C)c5c(=O)c4cc3[nH]c12. The fourth-order valence-corrected chi connectivity index (χ4v) is 4.66. The maximum Gasteiger partial charge on any atom is 0.294 e. The number of nitrogens with one attached hydrogen (secondary N) is 2. The summed E-state index contributed by atoms with van der Waals surface area (Å²) in [5.74, 6) is 0. The number of aromatic amines is 2. The molecule has 0 aliphatic rings. The first-order valence-corrected chi connectivity index (χ1v) is 10.6. The molecule has 0 amide bonds. The van der Waals surface area contributed by atoms with E-state index in [1.165, 1.54) is 12.1 Å². The van der Waals surface area contributed by atoms with E-state index in [0.29, 0.717) is 38.1 Å². The van der Waals surface area contributed by atoms with Gasteiger partial charge in [0, 0.05) is 21.5 Å². The van der Waals surface area contributed by atoms with Crippen LogP contribution in [0.15, 0.2) is 56.9 Å². The lowest BCUT2D eigenvalue weighted by Crippen LogP contribution is -2.10. The van der Waals surface area contributed by atoms with Crippen LogP contribution in [0.2, 0.25) is 0 Å². The molecule has 0 saturated heterocycles. The summed E-state index contributed by atoms with van der Waals surface area (Å²) in [6.45, 7) is 3.51. The highest BCUT2D eigenvalue weighted by atomic mass is 32.2. The number of hydrogen-bond acceptors (Lipinski definition) is 4. The topological polar surface area (TPSA) is 120 Å². The van der Waals surface area contributed by atoms with E-state index < -0.39 is 10.1 Å². The summed E-state index contributed by atoms with van der Waals surface area (Å²) in [7, 11) is -4.43. The highest BCUT2D eigenvalue weighted by Crippen LogP contribution is 2.25. The average Bonchev–Trinajstić information content (AvgIpc) is 2.67. The molecule has 3 aromatic carbocycles.